The highest BCUT2D eigenvalue weighted by atomic mass is 35.5. The Morgan fingerprint density at radius 2 is 2.18 bits per heavy atom. The number of rotatable bonds is 3. The number of hydrogen-bond acceptors (Lipinski definition) is 6. The van der Waals surface area contributed by atoms with Crippen LogP contribution in [0.15, 0.2) is 23.1 Å². The van der Waals surface area contributed by atoms with Crippen LogP contribution in [0.4, 0.5) is 0 Å². The van der Waals surface area contributed by atoms with E-state index in [0.717, 1.165) is 0 Å². The molecule has 0 radical (unpaired) electrons. The number of esters is 1. The average Bonchev–Trinajstić information content (AvgIpc) is 2.80. The lowest BCUT2D eigenvalue weighted by Gasteiger charge is -1.95. The van der Waals surface area contributed by atoms with Crippen molar-refractivity contribution in [3.05, 3.63) is 29.8 Å². The van der Waals surface area contributed by atoms with E-state index in [0.29, 0.717) is 11.3 Å². The molecule has 2 aromatic rings. The Kier molecular flexibility index (Phi) is 3.34. The molecule has 7 heteroatoms. The summed E-state index contributed by atoms with van der Waals surface area (Å²) >= 11 is 5.56. The van der Waals surface area contributed by atoms with Crippen molar-refractivity contribution >= 4 is 17.6 Å². The summed E-state index contributed by atoms with van der Waals surface area (Å²) in [5, 5.41) is 0.142. The summed E-state index contributed by atoms with van der Waals surface area (Å²) in [5.41, 5.74) is 1.05. The molecule has 6 nitrogen and oxygen atoms in total. The molecule has 0 atom stereocenters. The van der Waals surface area contributed by atoms with Crippen LogP contribution in [0.5, 0.6) is 0 Å². The Morgan fingerprint density at radius 3 is 2.82 bits per heavy atom. The minimum atomic E-state index is -0.603. The fraction of sp³-hybridized carbons (Fsp3) is 0.200. The Balaban J connectivity index is 2.23. The molecule has 88 valence electrons. The van der Waals surface area contributed by atoms with Gasteiger partial charge in [0.1, 0.15) is 12.0 Å². The second-order valence-corrected chi connectivity index (χ2v) is 3.34. The lowest BCUT2D eigenvalue weighted by atomic mass is 10.3. The maximum atomic E-state index is 11.3. The van der Waals surface area contributed by atoms with Gasteiger partial charge < -0.3 is 9.15 Å². The van der Waals surface area contributed by atoms with Gasteiger partial charge >= 0.3 is 11.9 Å². The van der Waals surface area contributed by atoms with Crippen LogP contribution in [0.1, 0.15) is 17.6 Å². The van der Waals surface area contributed by atoms with Crippen LogP contribution in [-0.2, 0) is 4.74 Å². The number of ether oxygens (including phenoxy) is 1. The first-order valence-electron chi connectivity index (χ1n) is 4.81. The van der Waals surface area contributed by atoms with Gasteiger partial charge in [0.2, 0.25) is 5.28 Å². The summed E-state index contributed by atoms with van der Waals surface area (Å²) in [7, 11) is 0. The Bertz CT molecular complexity index is 524. The molecule has 0 aliphatic rings. The third-order valence-electron chi connectivity index (χ3n) is 1.87. The van der Waals surface area contributed by atoms with Crippen LogP contribution in [0.25, 0.3) is 11.3 Å². The van der Waals surface area contributed by atoms with Gasteiger partial charge in [-0.1, -0.05) is 0 Å². The summed E-state index contributed by atoms with van der Waals surface area (Å²) in [4.78, 5) is 22.9. The van der Waals surface area contributed by atoms with E-state index in [1.165, 1.54) is 18.7 Å². The first kappa shape index (κ1) is 11.5. The standard InChI is InChI=1S/C10H8ClN3O3/c1-2-16-9(15)8-14-7(5-17-8)6-3-12-10(11)13-4-6/h3-5H,2H2,1H3. The van der Waals surface area contributed by atoms with Gasteiger partial charge in [0.05, 0.1) is 6.61 Å². The summed E-state index contributed by atoms with van der Waals surface area (Å²) in [5.74, 6) is -0.703. The SMILES string of the molecule is CCOC(=O)c1nc(-c2cnc(Cl)nc2)co1. The zero-order chi connectivity index (χ0) is 12.3. The molecule has 0 fully saturated rings. The monoisotopic (exact) mass is 253 g/mol. The lowest BCUT2D eigenvalue weighted by Crippen LogP contribution is -2.04. The van der Waals surface area contributed by atoms with Crippen LogP contribution < -0.4 is 0 Å². The van der Waals surface area contributed by atoms with Crippen molar-refractivity contribution in [3.8, 4) is 11.3 Å². The maximum Gasteiger partial charge on any atom is 0.394 e. The predicted octanol–water partition coefficient (Wildman–Crippen LogP) is 1.96. The third-order valence-corrected chi connectivity index (χ3v) is 2.07. The Labute approximate surface area is 102 Å². The number of aromatic nitrogens is 3. The van der Waals surface area contributed by atoms with E-state index in [-0.39, 0.29) is 17.8 Å². The fourth-order valence-electron chi connectivity index (χ4n) is 1.14. The van der Waals surface area contributed by atoms with Crippen molar-refractivity contribution < 1.29 is 13.9 Å². The molecule has 0 bridgehead atoms. The summed E-state index contributed by atoms with van der Waals surface area (Å²) in [6.45, 7) is 1.97. The summed E-state index contributed by atoms with van der Waals surface area (Å²) in [6, 6.07) is 0. The number of carbonyl (C=O) groups excluding carboxylic acids is 1. The molecular formula is C10H8ClN3O3. The van der Waals surface area contributed by atoms with Crippen LogP contribution in [0, 0.1) is 0 Å². The van der Waals surface area contributed by atoms with Crippen molar-refractivity contribution in [2.45, 2.75) is 6.92 Å². The number of oxazole rings is 1. The molecule has 0 N–H and O–H groups in total. The van der Waals surface area contributed by atoms with Gasteiger partial charge in [-0.2, -0.15) is 0 Å². The van der Waals surface area contributed by atoms with Crippen LogP contribution in [-0.4, -0.2) is 27.5 Å². The molecule has 0 aromatic carbocycles. The second kappa shape index (κ2) is 4.92. The number of halogens is 1. The molecule has 2 aromatic heterocycles. The molecule has 0 spiro atoms. The van der Waals surface area contributed by atoms with Gasteiger partial charge in [0.25, 0.3) is 0 Å². The third kappa shape index (κ3) is 2.59. The fourth-order valence-corrected chi connectivity index (χ4v) is 1.24. The average molecular weight is 254 g/mol. The van der Waals surface area contributed by atoms with Gasteiger partial charge in [0, 0.05) is 18.0 Å². The molecule has 0 saturated carbocycles. The number of hydrogen-bond donors (Lipinski definition) is 0. The van der Waals surface area contributed by atoms with Gasteiger partial charge in [-0.05, 0) is 18.5 Å². The molecule has 0 aliphatic carbocycles. The van der Waals surface area contributed by atoms with Crippen molar-refractivity contribution in [2.24, 2.45) is 0 Å². The maximum absolute atomic E-state index is 11.3. The quantitative estimate of drug-likeness (QED) is 0.615. The van der Waals surface area contributed by atoms with Crippen LogP contribution in [0.3, 0.4) is 0 Å². The van der Waals surface area contributed by atoms with Crippen LogP contribution in [0.2, 0.25) is 5.28 Å². The van der Waals surface area contributed by atoms with Crippen molar-refractivity contribution in [2.75, 3.05) is 6.61 Å². The molecule has 0 amide bonds. The van der Waals surface area contributed by atoms with E-state index in [9.17, 15) is 4.79 Å². The van der Waals surface area contributed by atoms with E-state index in [1.807, 2.05) is 0 Å². The van der Waals surface area contributed by atoms with Crippen LogP contribution >= 0.6 is 11.6 Å². The molecule has 2 rings (SSSR count). The highest BCUT2D eigenvalue weighted by Gasteiger charge is 2.15. The highest BCUT2D eigenvalue weighted by Crippen LogP contribution is 2.17. The first-order valence-corrected chi connectivity index (χ1v) is 5.19. The first-order chi connectivity index (χ1) is 8.20. The highest BCUT2D eigenvalue weighted by molar-refractivity contribution is 6.28. The van der Waals surface area contributed by atoms with E-state index in [1.54, 1.807) is 6.92 Å². The van der Waals surface area contributed by atoms with Gasteiger partial charge in [-0.3, -0.25) is 0 Å². The predicted molar refractivity (Wildman–Crippen MR) is 58.5 cm³/mol. The Morgan fingerprint density at radius 1 is 1.47 bits per heavy atom. The molecule has 0 unspecified atom stereocenters. The van der Waals surface area contributed by atoms with E-state index in [2.05, 4.69) is 15.0 Å². The second-order valence-electron chi connectivity index (χ2n) is 3.00. The molecule has 0 aliphatic heterocycles. The van der Waals surface area contributed by atoms with E-state index in [4.69, 9.17) is 20.8 Å². The summed E-state index contributed by atoms with van der Waals surface area (Å²) in [6.07, 6.45) is 4.31. The van der Waals surface area contributed by atoms with Crippen molar-refractivity contribution in [1.29, 1.82) is 0 Å². The molecule has 17 heavy (non-hydrogen) atoms. The molecule has 2 heterocycles. The smallest absolute Gasteiger partial charge is 0.394 e. The lowest BCUT2D eigenvalue weighted by molar-refractivity contribution is 0.0481. The summed E-state index contributed by atoms with van der Waals surface area (Å²) < 4.78 is 9.74. The topological polar surface area (TPSA) is 78.1 Å². The molecule has 0 saturated heterocycles. The molecular weight excluding hydrogens is 246 g/mol. The zero-order valence-corrected chi connectivity index (χ0v) is 9.64. The number of nitrogens with zero attached hydrogens (tertiary/aromatic N) is 3. The van der Waals surface area contributed by atoms with E-state index >= 15 is 0 Å². The van der Waals surface area contributed by atoms with Crippen molar-refractivity contribution in [1.82, 2.24) is 15.0 Å². The van der Waals surface area contributed by atoms with E-state index < -0.39 is 5.97 Å². The van der Waals surface area contributed by atoms with Crippen molar-refractivity contribution in [3.63, 3.8) is 0 Å². The largest absolute Gasteiger partial charge is 0.459 e. The van der Waals surface area contributed by atoms with Gasteiger partial charge in [0.15, 0.2) is 0 Å². The zero-order valence-electron chi connectivity index (χ0n) is 8.88. The normalized spacial score (nSPS) is 10.2. The minimum absolute atomic E-state index is 0.100. The Hall–Kier alpha value is -1.95. The minimum Gasteiger partial charge on any atom is -0.459 e. The van der Waals surface area contributed by atoms with Gasteiger partial charge in [-0.25, -0.2) is 19.7 Å². The van der Waals surface area contributed by atoms with Gasteiger partial charge in [-0.15, -0.1) is 0 Å². The number of carbonyl (C=O) groups is 1.